The summed E-state index contributed by atoms with van der Waals surface area (Å²) in [4.78, 5) is 14.1. The lowest BCUT2D eigenvalue weighted by Gasteiger charge is -2.47. The number of carbonyl (C=O) groups excluding carboxylic acids is 1. The topological polar surface area (TPSA) is 134 Å². The van der Waals surface area contributed by atoms with Crippen LogP contribution in [0.1, 0.15) is 44.6 Å². The average Bonchev–Trinajstić information content (AvgIpc) is 2.72. The molecule has 1 aliphatic heterocycles. The van der Waals surface area contributed by atoms with Gasteiger partial charge in [0.15, 0.2) is 6.29 Å². The average molecular weight is 407 g/mol. The van der Waals surface area contributed by atoms with Crippen LogP contribution in [0.25, 0.3) is 10.4 Å². The molecule has 1 fully saturated rings. The van der Waals surface area contributed by atoms with Crippen molar-refractivity contribution in [3.63, 3.8) is 0 Å². The van der Waals surface area contributed by atoms with Gasteiger partial charge in [0, 0.05) is 11.3 Å². The number of azide groups is 1. The standard InChI is InChI=1S/C20H29N3O6/c1-20(12-8-4-7-11-15(24)27-2)18(22-23-21)17(16(25)19(26)29-20)28-13-14-9-5-3-6-10-14/h3,5-6,9-10,16-19,25-26H,4,7-8,11-13H2,1-2H3/t16-,17+,18-,19-,20-/m0/s1. The highest BCUT2D eigenvalue weighted by Crippen LogP contribution is 2.37. The summed E-state index contributed by atoms with van der Waals surface area (Å²) in [5.74, 6) is -0.259. The fourth-order valence-corrected chi connectivity index (χ4v) is 3.54. The minimum atomic E-state index is -1.46. The van der Waals surface area contributed by atoms with Gasteiger partial charge >= 0.3 is 5.97 Å². The Bertz CT molecular complexity index is 697. The predicted molar refractivity (Wildman–Crippen MR) is 105 cm³/mol. The molecule has 0 aromatic heterocycles. The molecular formula is C20H29N3O6. The molecule has 1 aromatic rings. The molecule has 1 heterocycles. The van der Waals surface area contributed by atoms with Gasteiger partial charge in [0.2, 0.25) is 0 Å². The van der Waals surface area contributed by atoms with Crippen molar-refractivity contribution in [2.75, 3.05) is 7.11 Å². The molecule has 0 bridgehead atoms. The number of aliphatic hydroxyl groups excluding tert-OH is 2. The van der Waals surface area contributed by atoms with E-state index >= 15 is 0 Å². The van der Waals surface area contributed by atoms with Crippen molar-refractivity contribution < 1.29 is 29.2 Å². The Balaban J connectivity index is 2.05. The molecule has 2 N–H and O–H groups in total. The lowest BCUT2D eigenvalue weighted by atomic mass is 9.82. The zero-order chi connectivity index (χ0) is 21.3. The Kier molecular flexibility index (Phi) is 8.88. The molecular weight excluding hydrogens is 378 g/mol. The van der Waals surface area contributed by atoms with Crippen LogP contribution >= 0.6 is 0 Å². The molecule has 2 rings (SSSR count). The van der Waals surface area contributed by atoms with Gasteiger partial charge in [-0.15, -0.1) is 0 Å². The maximum absolute atomic E-state index is 11.2. The predicted octanol–water partition coefficient (Wildman–Crippen LogP) is 2.84. The van der Waals surface area contributed by atoms with Gasteiger partial charge in [-0.05, 0) is 30.9 Å². The van der Waals surface area contributed by atoms with Gasteiger partial charge in [-0.2, -0.15) is 0 Å². The van der Waals surface area contributed by atoms with Crippen LogP contribution in [0.3, 0.4) is 0 Å². The van der Waals surface area contributed by atoms with Crippen molar-refractivity contribution in [2.45, 2.75) is 75.8 Å². The Morgan fingerprint density at radius 1 is 1.28 bits per heavy atom. The Hall–Kier alpha value is -2.16. The molecule has 9 heteroatoms. The summed E-state index contributed by atoms with van der Waals surface area (Å²) in [7, 11) is 1.35. The number of hydrogen-bond acceptors (Lipinski definition) is 7. The number of methoxy groups -OCH3 is 1. The number of esters is 1. The van der Waals surface area contributed by atoms with E-state index in [0.29, 0.717) is 25.7 Å². The first-order valence-electron chi connectivity index (χ1n) is 9.72. The van der Waals surface area contributed by atoms with Crippen LogP contribution in [0.2, 0.25) is 0 Å². The van der Waals surface area contributed by atoms with E-state index in [0.717, 1.165) is 12.0 Å². The van der Waals surface area contributed by atoms with E-state index in [1.807, 2.05) is 30.3 Å². The molecule has 0 unspecified atom stereocenters. The summed E-state index contributed by atoms with van der Waals surface area (Å²) in [6.45, 7) is 1.93. The highest BCUT2D eigenvalue weighted by Gasteiger charge is 2.51. The zero-order valence-corrected chi connectivity index (χ0v) is 16.8. The van der Waals surface area contributed by atoms with Crippen molar-refractivity contribution in [1.29, 1.82) is 0 Å². The van der Waals surface area contributed by atoms with Crippen LogP contribution in [-0.4, -0.2) is 53.4 Å². The molecule has 0 amide bonds. The highest BCUT2D eigenvalue weighted by atomic mass is 16.6. The lowest BCUT2D eigenvalue weighted by molar-refractivity contribution is -0.295. The van der Waals surface area contributed by atoms with Gasteiger partial charge < -0.3 is 24.4 Å². The third kappa shape index (κ3) is 6.42. The number of ether oxygens (including phenoxy) is 3. The summed E-state index contributed by atoms with van der Waals surface area (Å²) in [6, 6.07) is 8.57. The largest absolute Gasteiger partial charge is 0.469 e. The molecule has 1 saturated heterocycles. The Labute approximate surface area is 170 Å². The minimum Gasteiger partial charge on any atom is -0.469 e. The molecule has 5 atom stereocenters. The lowest BCUT2D eigenvalue weighted by Crippen LogP contribution is -2.63. The SMILES string of the molecule is COC(=O)CCCCC[C@]1(C)O[C@H](O)[C@@H](O)[C@@H](OCc2ccccc2)[C@@H]1N=[N+]=[N-]. The summed E-state index contributed by atoms with van der Waals surface area (Å²) in [5.41, 5.74) is 8.93. The fraction of sp³-hybridized carbons (Fsp3) is 0.650. The van der Waals surface area contributed by atoms with Gasteiger partial charge in [0.25, 0.3) is 0 Å². The third-order valence-corrected chi connectivity index (χ3v) is 5.20. The smallest absolute Gasteiger partial charge is 0.305 e. The Morgan fingerprint density at radius 3 is 2.66 bits per heavy atom. The van der Waals surface area contributed by atoms with Gasteiger partial charge in [-0.3, -0.25) is 4.79 Å². The van der Waals surface area contributed by atoms with Crippen LogP contribution < -0.4 is 0 Å². The first kappa shape index (κ1) is 23.1. The number of carbonyl (C=O) groups is 1. The molecule has 9 nitrogen and oxygen atoms in total. The number of rotatable bonds is 10. The van der Waals surface area contributed by atoms with Crippen LogP contribution in [0.5, 0.6) is 0 Å². The first-order chi connectivity index (χ1) is 13.9. The molecule has 160 valence electrons. The second-order valence-electron chi connectivity index (χ2n) is 7.36. The number of hydrogen-bond donors (Lipinski definition) is 2. The highest BCUT2D eigenvalue weighted by molar-refractivity contribution is 5.68. The van der Waals surface area contributed by atoms with E-state index in [4.69, 9.17) is 15.0 Å². The maximum Gasteiger partial charge on any atom is 0.305 e. The van der Waals surface area contributed by atoms with E-state index in [2.05, 4.69) is 14.8 Å². The molecule has 1 aliphatic rings. The maximum atomic E-state index is 11.2. The van der Waals surface area contributed by atoms with E-state index in [-0.39, 0.29) is 12.6 Å². The fourth-order valence-electron chi connectivity index (χ4n) is 3.54. The zero-order valence-electron chi connectivity index (χ0n) is 16.8. The van der Waals surface area contributed by atoms with Crippen LogP contribution in [0.15, 0.2) is 35.4 Å². The second-order valence-corrected chi connectivity index (χ2v) is 7.36. The van der Waals surface area contributed by atoms with Crippen molar-refractivity contribution in [3.8, 4) is 0 Å². The van der Waals surface area contributed by atoms with E-state index in [9.17, 15) is 15.0 Å². The normalized spacial score (nSPS) is 29.1. The van der Waals surface area contributed by atoms with Crippen LogP contribution in [0.4, 0.5) is 0 Å². The Morgan fingerprint density at radius 2 is 2.00 bits per heavy atom. The third-order valence-electron chi connectivity index (χ3n) is 5.20. The summed E-state index contributed by atoms with van der Waals surface area (Å²) in [5, 5.41) is 24.5. The number of unbranched alkanes of at least 4 members (excludes halogenated alkanes) is 2. The number of benzene rings is 1. The summed E-state index contributed by atoms with van der Waals surface area (Å²) in [6.07, 6.45) is -0.846. The minimum absolute atomic E-state index is 0.196. The van der Waals surface area contributed by atoms with Crippen molar-refractivity contribution in [1.82, 2.24) is 0 Å². The molecule has 0 spiro atoms. The van der Waals surface area contributed by atoms with Crippen molar-refractivity contribution >= 4 is 5.97 Å². The first-order valence-corrected chi connectivity index (χ1v) is 9.72. The van der Waals surface area contributed by atoms with Crippen molar-refractivity contribution in [3.05, 3.63) is 46.3 Å². The van der Waals surface area contributed by atoms with Gasteiger partial charge in [-0.1, -0.05) is 48.3 Å². The molecule has 0 aliphatic carbocycles. The van der Waals surface area contributed by atoms with E-state index in [1.54, 1.807) is 6.92 Å². The summed E-state index contributed by atoms with van der Waals surface area (Å²) < 4.78 is 16.1. The monoisotopic (exact) mass is 407 g/mol. The van der Waals surface area contributed by atoms with Gasteiger partial charge in [-0.25, -0.2) is 0 Å². The molecule has 0 saturated carbocycles. The van der Waals surface area contributed by atoms with Gasteiger partial charge in [0.1, 0.15) is 12.2 Å². The number of nitrogens with zero attached hydrogens (tertiary/aromatic N) is 3. The molecule has 1 aromatic carbocycles. The summed E-state index contributed by atoms with van der Waals surface area (Å²) >= 11 is 0. The second kappa shape index (κ2) is 11.1. The van der Waals surface area contributed by atoms with Crippen LogP contribution in [0, 0.1) is 0 Å². The quantitative estimate of drug-likeness (QED) is 0.201. The van der Waals surface area contributed by atoms with E-state index in [1.165, 1.54) is 7.11 Å². The van der Waals surface area contributed by atoms with Crippen LogP contribution in [-0.2, 0) is 25.6 Å². The molecule has 0 radical (unpaired) electrons. The van der Waals surface area contributed by atoms with E-state index < -0.39 is 30.1 Å². The van der Waals surface area contributed by atoms with Gasteiger partial charge in [0.05, 0.1) is 25.4 Å². The molecule has 29 heavy (non-hydrogen) atoms. The van der Waals surface area contributed by atoms with Crippen molar-refractivity contribution in [2.24, 2.45) is 5.11 Å². The number of aliphatic hydroxyl groups is 2.